The van der Waals surface area contributed by atoms with Gasteiger partial charge in [-0.15, -0.1) is 0 Å². The second-order valence-electron chi connectivity index (χ2n) is 5.27. The Hall–Kier alpha value is -0.860. The van der Waals surface area contributed by atoms with E-state index in [1.807, 2.05) is 0 Å². The van der Waals surface area contributed by atoms with Crippen LogP contribution < -0.4 is 0 Å². The summed E-state index contributed by atoms with van der Waals surface area (Å²) in [5.74, 6) is 1.20. The predicted octanol–water partition coefficient (Wildman–Crippen LogP) is 1.99. The lowest BCUT2D eigenvalue weighted by atomic mass is 9.63. The molecule has 2 heteroatoms. The third-order valence-corrected chi connectivity index (χ3v) is 4.35. The molecule has 0 saturated heterocycles. The van der Waals surface area contributed by atoms with E-state index in [1.165, 1.54) is 22.3 Å². The van der Waals surface area contributed by atoms with Gasteiger partial charge in [0.25, 0.3) is 0 Å². The maximum atomic E-state index is 9.50. The van der Waals surface area contributed by atoms with Gasteiger partial charge in [0.05, 0.1) is 13.2 Å². The minimum Gasteiger partial charge on any atom is -0.392 e. The first-order valence-electron chi connectivity index (χ1n) is 6.10. The van der Waals surface area contributed by atoms with E-state index in [0.29, 0.717) is 11.8 Å². The summed E-state index contributed by atoms with van der Waals surface area (Å²) in [5, 5.41) is 19.0. The minimum atomic E-state index is 0.0736. The highest BCUT2D eigenvalue weighted by atomic mass is 16.3. The van der Waals surface area contributed by atoms with E-state index in [9.17, 15) is 10.2 Å². The van der Waals surface area contributed by atoms with Crippen molar-refractivity contribution < 1.29 is 10.2 Å². The summed E-state index contributed by atoms with van der Waals surface area (Å²) in [4.78, 5) is 0. The lowest BCUT2D eigenvalue weighted by Crippen LogP contribution is -2.30. The third kappa shape index (κ3) is 1.04. The van der Waals surface area contributed by atoms with Gasteiger partial charge in [-0.25, -0.2) is 0 Å². The number of rotatable bonds is 2. The molecule has 2 atom stereocenters. The van der Waals surface area contributed by atoms with Crippen LogP contribution in [0.5, 0.6) is 0 Å². The van der Waals surface area contributed by atoms with Gasteiger partial charge >= 0.3 is 0 Å². The number of fused-ring (bicyclic) bond motifs is 3. The molecule has 0 fully saturated rings. The Morgan fingerprint density at radius 1 is 0.875 bits per heavy atom. The normalized spacial score (nSPS) is 25.5. The minimum absolute atomic E-state index is 0.0736. The predicted molar refractivity (Wildman–Crippen MR) is 62.5 cm³/mol. The first-order valence-corrected chi connectivity index (χ1v) is 6.10. The van der Waals surface area contributed by atoms with E-state index < -0.39 is 0 Å². The van der Waals surface area contributed by atoms with Gasteiger partial charge in [-0.1, -0.05) is 13.8 Å². The van der Waals surface area contributed by atoms with Crippen LogP contribution in [0.2, 0.25) is 0 Å². The zero-order chi connectivity index (χ0) is 11.4. The molecule has 1 aromatic carbocycles. The topological polar surface area (TPSA) is 40.5 Å². The van der Waals surface area contributed by atoms with Gasteiger partial charge < -0.3 is 10.2 Å². The molecular weight excluding hydrogens is 200 g/mol. The Balaban J connectivity index is 2.27. The molecule has 0 aromatic heterocycles. The van der Waals surface area contributed by atoms with Gasteiger partial charge in [0.1, 0.15) is 0 Å². The quantitative estimate of drug-likeness (QED) is 0.797. The van der Waals surface area contributed by atoms with E-state index in [-0.39, 0.29) is 13.2 Å². The Kier molecular flexibility index (Phi) is 2.13. The summed E-state index contributed by atoms with van der Waals surface area (Å²) in [5.41, 5.74) is 7.64. The molecular formula is C14H18O2. The van der Waals surface area contributed by atoms with Gasteiger partial charge in [0, 0.05) is 0 Å². The summed E-state index contributed by atoms with van der Waals surface area (Å²) in [6.45, 7) is 4.61. The fourth-order valence-electron chi connectivity index (χ4n) is 3.59. The number of hydrogen-bond donors (Lipinski definition) is 2. The lowest BCUT2D eigenvalue weighted by molar-refractivity contribution is 0.254. The standard InChI is InChI=1S/C14H18O2/c1-7-3-9-11(5-15)12(6-16)14-8(2)4-10(14)13(7)9/h7-8,15-16H,3-6H2,1-2H3. The van der Waals surface area contributed by atoms with Crippen molar-refractivity contribution in [1.29, 1.82) is 0 Å². The average Bonchev–Trinajstić information content (AvgIpc) is 2.25. The average molecular weight is 218 g/mol. The van der Waals surface area contributed by atoms with Crippen molar-refractivity contribution in [3.63, 3.8) is 0 Å². The molecule has 2 aliphatic rings. The molecule has 16 heavy (non-hydrogen) atoms. The van der Waals surface area contributed by atoms with E-state index >= 15 is 0 Å². The zero-order valence-electron chi connectivity index (χ0n) is 9.88. The van der Waals surface area contributed by atoms with E-state index in [0.717, 1.165) is 24.0 Å². The number of aliphatic hydroxyl groups is 2. The van der Waals surface area contributed by atoms with Crippen LogP contribution >= 0.6 is 0 Å². The number of hydrogen-bond acceptors (Lipinski definition) is 2. The highest BCUT2D eigenvalue weighted by molar-refractivity contribution is 5.62. The largest absolute Gasteiger partial charge is 0.392 e. The zero-order valence-corrected chi connectivity index (χ0v) is 9.88. The van der Waals surface area contributed by atoms with E-state index in [4.69, 9.17) is 0 Å². The van der Waals surface area contributed by atoms with Crippen LogP contribution in [0, 0.1) is 0 Å². The SMILES string of the molecule is CC1Cc2c(CO)c(CO)c3c(c21)CC3C. The van der Waals surface area contributed by atoms with Crippen molar-refractivity contribution >= 4 is 0 Å². The molecule has 2 N–H and O–H groups in total. The molecule has 0 amide bonds. The highest BCUT2D eigenvalue weighted by Crippen LogP contribution is 2.50. The second kappa shape index (κ2) is 3.31. The van der Waals surface area contributed by atoms with Gasteiger partial charge in [-0.2, -0.15) is 0 Å². The first kappa shape index (κ1) is 10.3. The molecule has 2 aliphatic carbocycles. The molecule has 2 nitrogen and oxygen atoms in total. The molecule has 0 spiro atoms. The van der Waals surface area contributed by atoms with E-state index in [1.54, 1.807) is 0 Å². The van der Waals surface area contributed by atoms with Gasteiger partial charge in [0.15, 0.2) is 0 Å². The van der Waals surface area contributed by atoms with Gasteiger partial charge in [-0.05, 0) is 58.1 Å². The molecule has 0 aliphatic heterocycles. The van der Waals surface area contributed by atoms with E-state index in [2.05, 4.69) is 13.8 Å². The maximum absolute atomic E-state index is 9.50. The molecule has 0 radical (unpaired) electrons. The fraction of sp³-hybridized carbons (Fsp3) is 0.571. The van der Waals surface area contributed by atoms with Crippen molar-refractivity contribution in [1.82, 2.24) is 0 Å². The Labute approximate surface area is 95.9 Å². The molecule has 0 bridgehead atoms. The summed E-state index contributed by atoms with van der Waals surface area (Å²) in [6.07, 6.45) is 2.22. The summed E-state index contributed by atoms with van der Waals surface area (Å²) in [7, 11) is 0. The van der Waals surface area contributed by atoms with Crippen LogP contribution in [0.1, 0.15) is 59.1 Å². The highest BCUT2D eigenvalue weighted by Gasteiger charge is 2.38. The molecule has 1 aromatic rings. The lowest BCUT2D eigenvalue weighted by Gasteiger charge is -2.42. The Morgan fingerprint density at radius 3 is 1.94 bits per heavy atom. The van der Waals surface area contributed by atoms with Crippen molar-refractivity contribution in [3.8, 4) is 0 Å². The van der Waals surface area contributed by atoms with Crippen molar-refractivity contribution in [2.75, 3.05) is 0 Å². The summed E-state index contributed by atoms with van der Waals surface area (Å²) >= 11 is 0. The van der Waals surface area contributed by atoms with Crippen LogP contribution in [-0.4, -0.2) is 10.2 Å². The third-order valence-electron chi connectivity index (χ3n) is 4.35. The monoisotopic (exact) mass is 218 g/mol. The fourth-order valence-corrected chi connectivity index (χ4v) is 3.59. The van der Waals surface area contributed by atoms with Crippen LogP contribution in [0.3, 0.4) is 0 Å². The first-order chi connectivity index (χ1) is 7.69. The molecule has 86 valence electrons. The number of benzene rings is 1. The van der Waals surface area contributed by atoms with Crippen molar-refractivity contribution in [2.45, 2.75) is 51.7 Å². The molecule has 2 unspecified atom stereocenters. The molecule has 0 heterocycles. The van der Waals surface area contributed by atoms with Gasteiger partial charge in [-0.3, -0.25) is 0 Å². The van der Waals surface area contributed by atoms with Crippen LogP contribution in [-0.2, 0) is 26.1 Å². The summed E-state index contributed by atoms with van der Waals surface area (Å²) < 4.78 is 0. The van der Waals surface area contributed by atoms with Crippen LogP contribution in [0.4, 0.5) is 0 Å². The van der Waals surface area contributed by atoms with Crippen molar-refractivity contribution in [2.24, 2.45) is 0 Å². The van der Waals surface area contributed by atoms with Crippen LogP contribution in [0.25, 0.3) is 0 Å². The molecule has 3 rings (SSSR count). The van der Waals surface area contributed by atoms with Crippen LogP contribution in [0.15, 0.2) is 0 Å². The summed E-state index contributed by atoms with van der Waals surface area (Å²) in [6, 6.07) is 0. The molecule has 0 saturated carbocycles. The second-order valence-corrected chi connectivity index (χ2v) is 5.27. The Morgan fingerprint density at radius 2 is 1.44 bits per heavy atom. The Bertz CT molecular complexity index is 439. The van der Waals surface area contributed by atoms with Gasteiger partial charge in [0.2, 0.25) is 0 Å². The number of aliphatic hydroxyl groups excluding tert-OH is 2. The maximum Gasteiger partial charge on any atom is 0.0688 e. The smallest absolute Gasteiger partial charge is 0.0688 e. The van der Waals surface area contributed by atoms with Crippen molar-refractivity contribution in [3.05, 3.63) is 33.4 Å².